The van der Waals surface area contributed by atoms with Crippen LogP contribution in [-0.4, -0.2) is 30.5 Å². The number of nitrogens with two attached hydrogens (primary N) is 1. The number of hydrogen-bond donors (Lipinski definition) is 2. The third-order valence-corrected chi connectivity index (χ3v) is 2.52. The van der Waals surface area contributed by atoms with Crippen molar-refractivity contribution in [2.75, 3.05) is 19.6 Å². The molecule has 5 nitrogen and oxygen atoms in total. The van der Waals surface area contributed by atoms with E-state index in [2.05, 4.69) is 30.5 Å². The molecule has 0 saturated carbocycles. The lowest BCUT2D eigenvalue weighted by atomic mass is 10.1. The predicted molar refractivity (Wildman–Crippen MR) is 59.6 cm³/mol. The molecule has 1 atom stereocenters. The summed E-state index contributed by atoms with van der Waals surface area (Å²) in [5.41, 5.74) is 1.89. The van der Waals surface area contributed by atoms with Crippen LogP contribution in [0, 0.1) is 5.92 Å². The highest BCUT2D eigenvalue weighted by molar-refractivity contribution is 5.69. The van der Waals surface area contributed by atoms with Crippen LogP contribution in [0.2, 0.25) is 0 Å². The molecule has 0 aliphatic heterocycles. The Kier molecular flexibility index (Phi) is 8.27. The standard InChI is InChI=1S/C10H23N3O2/c1-4-9(3)8-13(5-2)7-6-10(14)15-12-11/h9,12H,4-8,11H2,1-3H3. The second-order valence-electron chi connectivity index (χ2n) is 3.75. The first-order chi connectivity index (χ1) is 7.13. The van der Waals surface area contributed by atoms with Gasteiger partial charge in [-0.1, -0.05) is 32.8 Å². The van der Waals surface area contributed by atoms with E-state index < -0.39 is 0 Å². The monoisotopic (exact) mass is 217 g/mol. The Labute approximate surface area is 91.9 Å². The third kappa shape index (κ3) is 7.30. The van der Waals surface area contributed by atoms with Gasteiger partial charge in [-0.25, -0.2) is 5.84 Å². The molecule has 0 aromatic heterocycles. The van der Waals surface area contributed by atoms with E-state index in [4.69, 9.17) is 5.84 Å². The van der Waals surface area contributed by atoms with Crippen molar-refractivity contribution in [2.45, 2.75) is 33.6 Å². The van der Waals surface area contributed by atoms with Crippen molar-refractivity contribution in [1.29, 1.82) is 0 Å². The average Bonchev–Trinajstić information content (AvgIpc) is 2.24. The maximum Gasteiger partial charge on any atom is 0.327 e. The van der Waals surface area contributed by atoms with Crippen LogP contribution < -0.4 is 11.4 Å². The predicted octanol–water partition coefficient (Wildman–Crippen LogP) is 0.666. The largest absolute Gasteiger partial charge is 0.356 e. The summed E-state index contributed by atoms with van der Waals surface area (Å²) in [4.78, 5) is 17.7. The van der Waals surface area contributed by atoms with Crippen LogP contribution in [0.3, 0.4) is 0 Å². The van der Waals surface area contributed by atoms with Crippen LogP contribution in [0.1, 0.15) is 33.6 Å². The number of hydrogen-bond acceptors (Lipinski definition) is 5. The molecule has 0 spiro atoms. The van der Waals surface area contributed by atoms with E-state index in [1.807, 2.05) is 5.59 Å². The Balaban J connectivity index is 3.74. The lowest BCUT2D eigenvalue weighted by Gasteiger charge is -2.22. The fourth-order valence-electron chi connectivity index (χ4n) is 1.31. The molecule has 90 valence electrons. The second kappa shape index (κ2) is 8.64. The molecule has 0 rings (SSSR count). The van der Waals surface area contributed by atoms with Gasteiger partial charge in [0.1, 0.15) is 0 Å². The number of carbonyl (C=O) groups is 1. The van der Waals surface area contributed by atoms with Gasteiger partial charge < -0.3 is 9.74 Å². The van der Waals surface area contributed by atoms with Gasteiger partial charge in [0.25, 0.3) is 0 Å². The molecule has 0 radical (unpaired) electrons. The minimum Gasteiger partial charge on any atom is -0.356 e. The molecular weight excluding hydrogens is 194 g/mol. The summed E-state index contributed by atoms with van der Waals surface area (Å²) in [5.74, 6) is 5.21. The molecule has 0 amide bonds. The number of nitrogens with one attached hydrogen (secondary N) is 1. The smallest absolute Gasteiger partial charge is 0.327 e. The van der Waals surface area contributed by atoms with E-state index in [-0.39, 0.29) is 5.97 Å². The van der Waals surface area contributed by atoms with E-state index in [0.717, 1.165) is 26.1 Å². The highest BCUT2D eigenvalue weighted by Crippen LogP contribution is 2.04. The summed E-state index contributed by atoms with van der Waals surface area (Å²) in [6.07, 6.45) is 1.53. The van der Waals surface area contributed by atoms with Crippen LogP contribution in [0.15, 0.2) is 0 Å². The van der Waals surface area contributed by atoms with Gasteiger partial charge in [0.2, 0.25) is 0 Å². The van der Waals surface area contributed by atoms with E-state index >= 15 is 0 Å². The Morgan fingerprint density at radius 1 is 1.53 bits per heavy atom. The minimum absolute atomic E-state index is 0.319. The van der Waals surface area contributed by atoms with Gasteiger partial charge in [-0.2, -0.15) is 0 Å². The molecule has 1 unspecified atom stereocenters. The van der Waals surface area contributed by atoms with Crippen molar-refractivity contribution in [3.05, 3.63) is 0 Å². The fraction of sp³-hybridized carbons (Fsp3) is 0.900. The SMILES string of the molecule is CCC(C)CN(CC)CCC(=O)ONN. The normalized spacial score (nSPS) is 12.9. The Morgan fingerprint density at radius 2 is 2.20 bits per heavy atom. The van der Waals surface area contributed by atoms with Crippen molar-refractivity contribution in [3.63, 3.8) is 0 Å². The van der Waals surface area contributed by atoms with Gasteiger partial charge in [-0.05, 0) is 12.5 Å². The molecule has 0 aromatic rings. The van der Waals surface area contributed by atoms with Crippen molar-refractivity contribution in [3.8, 4) is 0 Å². The van der Waals surface area contributed by atoms with Gasteiger partial charge >= 0.3 is 5.97 Å². The maximum absolute atomic E-state index is 11.0. The lowest BCUT2D eigenvalue weighted by molar-refractivity contribution is -0.151. The molecule has 0 aromatic carbocycles. The van der Waals surface area contributed by atoms with Crippen LogP contribution in [0.4, 0.5) is 0 Å². The molecule has 0 saturated heterocycles. The van der Waals surface area contributed by atoms with Crippen LogP contribution in [-0.2, 0) is 9.63 Å². The lowest BCUT2D eigenvalue weighted by Crippen LogP contribution is -2.32. The molecule has 0 bridgehead atoms. The van der Waals surface area contributed by atoms with Crippen LogP contribution in [0.5, 0.6) is 0 Å². The zero-order valence-corrected chi connectivity index (χ0v) is 9.95. The van der Waals surface area contributed by atoms with Gasteiger partial charge in [0.05, 0.1) is 6.42 Å². The third-order valence-electron chi connectivity index (χ3n) is 2.52. The van der Waals surface area contributed by atoms with E-state index in [0.29, 0.717) is 12.3 Å². The van der Waals surface area contributed by atoms with E-state index in [1.165, 1.54) is 0 Å². The topological polar surface area (TPSA) is 67.6 Å². The molecule has 15 heavy (non-hydrogen) atoms. The summed E-state index contributed by atoms with van der Waals surface area (Å²) in [6.45, 7) is 9.17. The number of rotatable bonds is 8. The Morgan fingerprint density at radius 3 is 2.67 bits per heavy atom. The van der Waals surface area contributed by atoms with Crippen molar-refractivity contribution in [2.24, 2.45) is 11.8 Å². The first-order valence-electron chi connectivity index (χ1n) is 5.51. The first kappa shape index (κ1) is 14.3. The highest BCUT2D eigenvalue weighted by Gasteiger charge is 2.10. The highest BCUT2D eigenvalue weighted by atomic mass is 16.7. The molecule has 0 fully saturated rings. The second-order valence-corrected chi connectivity index (χ2v) is 3.75. The summed E-state index contributed by atoms with van der Waals surface area (Å²) < 4.78 is 0. The van der Waals surface area contributed by atoms with Gasteiger partial charge in [-0.15, -0.1) is 0 Å². The zero-order chi connectivity index (χ0) is 11.7. The van der Waals surface area contributed by atoms with Crippen molar-refractivity contribution >= 4 is 5.97 Å². The molecule has 5 heteroatoms. The number of nitrogens with zero attached hydrogens (tertiary/aromatic N) is 1. The van der Waals surface area contributed by atoms with Crippen molar-refractivity contribution in [1.82, 2.24) is 10.5 Å². The molecule has 0 heterocycles. The molecule has 0 aliphatic carbocycles. The minimum atomic E-state index is -0.319. The van der Waals surface area contributed by atoms with E-state index in [9.17, 15) is 4.79 Å². The summed E-state index contributed by atoms with van der Waals surface area (Å²) in [6, 6.07) is 0. The number of hydrazine groups is 1. The van der Waals surface area contributed by atoms with Gasteiger partial charge in [-0.3, -0.25) is 4.79 Å². The van der Waals surface area contributed by atoms with Crippen LogP contribution in [0.25, 0.3) is 0 Å². The van der Waals surface area contributed by atoms with Gasteiger partial charge in [0, 0.05) is 13.1 Å². The molecule has 3 N–H and O–H groups in total. The van der Waals surface area contributed by atoms with Crippen LogP contribution >= 0.6 is 0 Å². The molecular formula is C10H23N3O2. The zero-order valence-electron chi connectivity index (χ0n) is 9.95. The van der Waals surface area contributed by atoms with Crippen molar-refractivity contribution < 1.29 is 9.63 Å². The van der Waals surface area contributed by atoms with E-state index in [1.54, 1.807) is 0 Å². The maximum atomic E-state index is 11.0. The van der Waals surface area contributed by atoms with Gasteiger partial charge in [0.15, 0.2) is 0 Å². The summed E-state index contributed by atoms with van der Waals surface area (Å²) in [5, 5.41) is 0. The average molecular weight is 217 g/mol. The summed E-state index contributed by atoms with van der Waals surface area (Å²) in [7, 11) is 0. The Hall–Kier alpha value is -0.650. The summed E-state index contributed by atoms with van der Waals surface area (Å²) >= 11 is 0. The first-order valence-corrected chi connectivity index (χ1v) is 5.51. The Bertz CT molecular complexity index is 176. The quantitative estimate of drug-likeness (QED) is 0.462. The number of carbonyl (C=O) groups excluding carboxylic acids is 1. The fourth-order valence-corrected chi connectivity index (χ4v) is 1.31. The molecule has 0 aliphatic rings.